The number of aliphatic hydroxyl groups is 1. The van der Waals surface area contributed by atoms with Crippen LogP contribution < -0.4 is 26.2 Å². The molecule has 5 amide bonds. The number of nitrogens with one attached hydrogen (secondary N) is 4. The van der Waals surface area contributed by atoms with Crippen molar-refractivity contribution < 1.29 is 52.7 Å². The molecule has 5 N–H and O–H groups in total. The first-order valence-corrected chi connectivity index (χ1v) is 33.0. The summed E-state index contributed by atoms with van der Waals surface area (Å²) in [6.07, 6.45) is 11.4. The first-order valence-electron chi connectivity index (χ1n) is 32.1. The third-order valence-electron chi connectivity index (χ3n) is 16.1. The number of benzene rings is 3. The van der Waals surface area contributed by atoms with Crippen LogP contribution in [-0.2, 0) is 62.4 Å². The number of aromatic nitrogens is 4. The molecule has 4 heterocycles. The highest BCUT2D eigenvalue weighted by Crippen LogP contribution is 2.32. The largest absolute Gasteiger partial charge is 0.391 e. The van der Waals surface area contributed by atoms with Gasteiger partial charge in [0.15, 0.2) is 0 Å². The number of nitrogens with zero attached hydrogens (tertiary/aromatic N) is 7. The van der Waals surface area contributed by atoms with Crippen LogP contribution in [0.15, 0.2) is 115 Å². The lowest BCUT2D eigenvalue weighted by Gasteiger charge is -2.37. The molecule has 3 aromatic carbocycles. The summed E-state index contributed by atoms with van der Waals surface area (Å²) in [5, 5.41) is 36.8. The molecule has 0 spiro atoms. The molecule has 0 radical (unpaired) electrons. The van der Waals surface area contributed by atoms with Gasteiger partial charge in [-0.05, 0) is 110 Å². The third-order valence-corrected chi connectivity index (χ3v) is 17.1. The molecule has 494 valence electrons. The van der Waals surface area contributed by atoms with Gasteiger partial charge in [0.1, 0.15) is 30.6 Å². The average molecular weight is 1280 g/mol. The van der Waals surface area contributed by atoms with E-state index in [1.54, 1.807) is 23.6 Å². The highest BCUT2D eigenvalue weighted by atomic mass is 32.1. The minimum absolute atomic E-state index is 0.00800. The minimum atomic E-state index is -0.946. The van der Waals surface area contributed by atoms with Crippen LogP contribution in [0.4, 0.5) is 16.3 Å². The van der Waals surface area contributed by atoms with E-state index in [9.17, 15) is 24.3 Å². The number of pyridine rings is 1. The summed E-state index contributed by atoms with van der Waals surface area (Å²) in [5.74, 6) is -0.485. The number of amides is 5. The molecular weight excluding hydrogens is 1190 g/mol. The van der Waals surface area contributed by atoms with E-state index in [0.717, 1.165) is 101 Å². The number of aliphatic hydroxyl groups excluding tert-OH is 1. The Labute approximate surface area is 544 Å². The van der Waals surface area contributed by atoms with Crippen molar-refractivity contribution in [2.45, 2.75) is 135 Å². The third kappa shape index (κ3) is 22.6. The molecule has 3 aromatic heterocycles. The van der Waals surface area contributed by atoms with Crippen molar-refractivity contribution >= 4 is 46.6 Å². The van der Waals surface area contributed by atoms with Crippen LogP contribution in [0.2, 0.25) is 0 Å². The molecule has 1 saturated heterocycles. The van der Waals surface area contributed by atoms with Gasteiger partial charge in [0, 0.05) is 88.1 Å². The predicted octanol–water partition coefficient (Wildman–Crippen LogP) is 8.86. The first-order chi connectivity index (χ1) is 44.7. The number of nitriles is 1. The standard InChI is InChI=1S/C69H91N11O11S/c1-50-64(92-49-74-50)55-17-14-52(15-18-55)42-72-66(83)61-40-60(81)47-79(61)67(84)65(69(2,3)4)77-63(82)48-91-31-11-10-30-87-33-35-89-37-39-90-38-36-88-34-32-86-29-9-8-28-78-46-56(45-75-78)54-19-23-58(24-20-54)80(68(85)73-43-51-12-6-5-7-13-51)59-25-21-57(22-26-59)76-62-27-16-53(41-70)44-71-62/h5-7,12-20,23-24,27,44-46,49,57,59-61,65,81H,8-11,21-22,25-26,28-40,42-43,47-48H2,1-4H3,(H,71,76)(H,72,83)(H,73,85)(H,77,82)/t57-,59-,60-,61+,65-/m1/s1. The molecule has 3 atom stereocenters. The number of aryl methyl sites for hydroxylation is 2. The first kappa shape index (κ1) is 70.2. The SMILES string of the molecule is Cc1ncsc1-c1ccc(CNC(=O)[C@@H]2C[C@@H](O)CN2C(=O)[C@@H](NC(=O)COCCCCOCCOCCOCCOCCOCCCCn2cc(-c3ccc(N(C(=O)NCc4ccccc4)[C@H]4CC[C@H](Nc5ccc(C#N)cn5)CC4)cc3)cn2)C(C)(C)C)cc1. The fourth-order valence-electron chi connectivity index (χ4n) is 11.1. The minimum Gasteiger partial charge on any atom is -0.391 e. The van der Waals surface area contributed by atoms with Crippen LogP contribution in [0.1, 0.15) is 101 Å². The summed E-state index contributed by atoms with van der Waals surface area (Å²) >= 11 is 1.57. The van der Waals surface area contributed by atoms with Gasteiger partial charge >= 0.3 is 6.03 Å². The maximum absolute atomic E-state index is 14.0. The molecule has 22 nitrogen and oxygen atoms in total. The van der Waals surface area contributed by atoms with Crippen LogP contribution in [0.5, 0.6) is 0 Å². The number of likely N-dealkylation sites (tertiary alicyclic amines) is 1. The van der Waals surface area contributed by atoms with E-state index in [0.29, 0.717) is 91.2 Å². The highest BCUT2D eigenvalue weighted by molar-refractivity contribution is 7.13. The smallest absolute Gasteiger partial charge is 0.322 e. The maximum atomic E-state index is 14.0. The Kier molecular flexibility index (Phi) is 28.3. The zero-order valence-electron chi connectivity index (χ0n) is 53.6. The number of ether oxygens (including phenoxy) is 6. The highest BCUT2D eigenvalue weighted by Gasteiger charge is 2.44. The molecule has 1 aliphatic heterocycles. The van der Waals surface area contributed by atoms with Crippen molar-refractivity contribution in [2.24, 2.45) is 5.41 Å². The van der Waals surface area contributed by atoms with Crippen LogP contribution in [0.25, 0.3) is 21.6 Å². The lowest BCUT2D eigenvalue weighted by molar-refractivity contribution is -0.144. The van der Waals surface area contributed by atoms with Gasteiger partial charge in [0.25, 0.3) is 0 Å². The molecule has 2 aliphatic rings. The zero-order valence-corrected chi connectivity index (χ0v) is 54.4. The maximum Gasteiger partial charge on any atom is 0.322 e. The van der Waals surface area contributed by atoms with Gasteiger partial charge in [-0.15, -0.1) is 11.3 Å². The van der Waals surface area contributed by atoms with Gasteiger partial charge in [-0.3, -0.25) is 24.0 Å². The van der Waals surface area contributed by atoms with Gasteiger partial charge in [0.05, 0.1) is 86.8 Å². The number of carbonyl (C=O) groups excluding carboxylic acids is 4. The molecule has 23 heteroatoms. The second-order valence-electron chi connectivity index (χ2n) is 24.2. The number of unbranched alkanes of at least 4 members (excludes halogenated alkanes) is 2. The van der Waals surface area contributed by atoms with Crippen LogP contribution in [0.3, 0.4) is 0 Å². The number of urea groups is 1. The lowest BCUT2D eigenvalue weighted by Crippen LogP contribution is -2.58. The molecule has 6 aromatic rings. The second kappa shape index (κ2) is 37.1. The molecule has 1 saturated carbocycles. The quantitative estimate of drug-likeness (QED) is 0.0228. The van der Waals surface area contributed by atoms with E-state index in [-0.39, 0.29) is 50.1 Å². The molecule has 0 unspecified atom stereocenters. The Bertz CT molecular complexity index is 3220. The number of anilines is 2. The lowest BCUT2D eigenvalue weighted by atomic mass is 9.85. The number of hydrogen-bond donors (Lipinski definition) is 5. The van der Waals surface area contributed by atoms with Crippen molar-refractivity contribution in [2.75, 3.05) is 96.0 Å². The Balaban J connectivity index is 0.601. The van der Waals surface area contributed by atoms with Gasteiger partial charge in [-0.1, -0.05) is 87.5 Å². The Morgan fingerprint density at radius 1 is 0.707 bits per heavy atom. The summed E-state index contributed by atoms with van der Waals surface area (Å²) < 4.78 is 36.0. The molecule has 1 aliphatic carbocycles. The van der Waals surface area contributed by atoms with Crippen molar-refractivity contribution in [3.63, 3.8) is 0 Å². The average Bonchev–Trinajstić information content (AvgIpc) is 2.06. The van der Waals surface area contributed by atoms with Crippen LogP contribution in [-0.4, -0.2) is 170 Å². The van der Waals surface area contributed by atoms with E-state index in [2.05, 4.69) is 60.7 Å². The second-order valence-corrected chi connectivity index (χ2v) is 25.1. The summed E-state index contributed by atoms with van der Waals surface area (Å²) in [6.45, 7) is 13.9. The monoisotopic (exact) mass is 1280 g/mol. The van der Waals surface area contributed by atoms with E-state index in [4.69, 9.17) is 33.7 Å². The van der Waals surface area contributed by atoms with E-state index >= 15 is 0 Å². The number of thiazole rings is 1. The molecule has 8 rings (SSSR count). The van der Waals surface area contributed by atoms with Gasteiger partial charge < -0.3 is 59.7 Å². The Hall–Kier alpha value is -7.66. The Morgan fingerprint density at radius 3 is 1.92 bits per heavy atom. The fourth-order valence-corrected chi connectivity index (χ4v) is 11.9. The summed E-state index contributed by atoms with van der Waals surface area (Å²) in [4.78, 5) is 67.5. The van der Waals surface area contributed by atoms with E-state index in [1.807, 2.05) is 122 Å². The van der Waals surface area contributed by atoms with Crippen molar-refractivity contribution in [3.8, 4) is 27.6 Å². The van der Waals surface area contributed by atoms with Crippen molar-refractivity contribution in [1.29, 1.82) is 5.26 Å². The molecule has 0 bridgehead atoms. The molecule has 2 fully saturated rings. The number of carbonyl (C=O) groups is 4. The van der Waals surface area contributed by atoms with Crippen LogP contribution in [0, 0.1) is 23.7 Å². The van der Waals surface area contributed by atoms with Gasteiger partial charge in [0.2, 0.25) is 17.7 Å². The van der Waals surface area contributed by atoms with Crippen LogP contribution >= 0.6 is 11.3 Å². The van der Waals surface area contributed by atoms with E-state index < -0.39 is 35.4 Å². The topological polar surface area (TPSA) is 266 Å². The Morgan fingerprint density at radius 2 is 1.32 bits per heavy atom. The molecular formula is C69H91N11O11S. The summed E-state index contributed by atoms with van der Waals surface area (Å²) in [7, 11) is 0. The summed E-state index contributed by atoms with van der Waals surface area (Å²) in [5.41, 5.74) is 8.49. The fraction of sp³-hybridized carbons (Fsp3) is 0.507. The molecule has 92 heavy (non-hydrogen) atoms. The summed E-state index contributed by atoms with van der Waals surface area (Å²) in [6, 6.07) is 30.0. The normalized spacial score (nSPS) is 16.8. The van der Waals surface area contributed by atoms with Crippen molar-refractivity contribution in [3.05, 3.63) is 137 Å². The number of β-amino-alcohol motifs (C(OH)–C–C–N with tert-alkyl or cyclic N) is 1. The van der Waals surface area contributed by atoms with E-state index in [1.165, 1.54) is 4.90 Å². The van der Waals surface area contributed by atoms with Gasteiger partial charge in [-0.25, -0.2) is 14.8 Å². The zero-order chi connectivity index (χ0) is 64.9. The van der Waals surface area contributed by atoms with Crippen molar-refractivity contribution in [1.82, 2.24) is 40.6 Å². The van der Waals surface area contributed by atoms with Gasteiger partial charge in [-0.2, -0.15) is 10.4 Å². The number of rotatable bonds is 37. The number of hydrogen-bond acceptors (Lipinski definition) is 17. The predicted molar refractivity (Wildman–Crippen MR) is 352 cm³/mol.